The number of anilines is 1. The molecule has 0 bridgehead atoms. The number of hydrogen-bond donors (Lipinski definition) is 1. The summed E-state index contributed by atoms with van der Waals surface area (Å²) in [5.74, 6) is -1.03. The summed E-state index contributed by atoms with van der Waals surface area (Å²) in [6.07, 6.45) is -0.697. The first kappa shape index (κ1) is 21.5. The summed E-state index contributed by atoms with van der Waals surface area (Å²) in [4.78, 5) is 27.2. The molecule has 2 aromatic carbocycles. The second-order valence-corrected chi connectivity index (χ2v) is 9.55. The van der Waals surface area contributed by atoms with Crippen molar-refractivity contribution in [1.82, 2.24) is 9.21 Å². The highest BCUT2D eigenvalue weighted by Crippen LogP contribution is 2.24. The number of benzene rings is 2. The molecule has 1 atom stereocenters. The second kappa shape index (κ2) is 8.78. The van der Waals surface area contributed by atoms with Crippen LogP contribution in [0.5, 0.6) is 0 Å². The summed E-state index contributed by atoms with van der Waals surface area (Å²) < 4.78 is 32.8. The van der Waals surface area contributed by atoms with E-state index in [0.29, 0.717) is 37.4 Å². The predicted octanol–water partition coefficient (Wildman–Crippen LogP) is 1.73. The van der Waals surface area contributed by atoms with Gasteiger partial charge in [-0.25, -0.2) is 13.2 Å². The molecular formula is C22H25N3O5S. The van der Waals surface area contributed by atoms with Crippen molar-refractivity contribution in [3.63, 3.8) is 0 Å². The van der Waals surface area contributed by atoms with Crippen LogP contribution in [0.1, 0.15) is 22.8 Å². The molecule has 0 spiro atoms. The van der Waals surface area contributed by atoms with Crippen molar-refractivity contribution >= 4 is 27.6 Å². The Morgan fingerprint density at radius 3 is 2.58 bits per heavy atom. The smallest absolute Gasteiger partial charge is 0.339 e. The van der Waals surface area contributed by atoms with Crippen LogP contribution in [0.3, 0.4) is 0 Å². The number of esters is 1. The van der Waals surface area contributed by atoms with Crippen molar-refractivity contribution in [2.45, 2.75) is 24.3 Å². The molecule has 2 aliphatic heterocycles. The SMILES string of the molecule is CCN1CCN(S(=O)(=O)c2cccc(NC(=O)C3Cc4ccccc4C(=O)O3)c2)CC1. The molecule has 164 valence electrons. The molecule has 1 amide bonds. The molecule has 8 nitrogen and oxygen atoms in total. The lowest BCUT2D eigenvalue weighted by molar-refractivity contribution is -0.125. The quantitative estimate of drug-likeness (QED) is 0.707. The fraction of sp³-hybridized carbons (Fsp3) is 0.364. The van der Waals surface area contributed by atoms with Gasteiger partial charge in [-0.3, -0.25) is 4.79 Å². The highest BCUT2D eigenvalue weighted by atomic mass is 32.2. The van der Waals surface area contributed by atoms with Gasteiger partial charge in [0, 0.05) is 38.3 Å². The number of hydrogen-bond acceptors (Lipinski definition) is 6. The van der Waals surface area contributed by atoms with Crippen LogP contribution >= 0.6 is 0 Å². The maximum Gasteiger partial charge on any atom is 0.339 e. The fourth-order valence-electron chi connectivity index (χ4n) is 3.87. The lowest BCUT2D eigenvalue weighted by Crippen LogP contribution is -2.48. The molecule has 1 unspecified atom stereocenters. The molecule has 0 aliphatic carbocycles. The van der Waals surface area contributed by atoms with Gasteiger partial charge in [0.25, 0.3) is 5.91 Å². The van der Waals surface area contributed by atoms with Crippen LogP contribution in [0.2, 0.25) is 0 Å². The molecule has 2 aliphatic rings. The Morgan fingerprint density at radius 1 is 1.10 bits per heavy atom. The van der Waals surface area contributed by atoms with Crippen molar-refractivity contribution in [2.75, 3.05) is 38.0 Å². The Morgan fingerprint density at radius 2 is 1.84 bits per heavy atom. The van der Waals surface area contributed by atoms with Crippen LogP contribution in [-0.4, -0.2) is 68.3 Å². The number of carbonyl (C=O) groups is 2. The number of cyclic esters (lactones) is 1. The average Bonchev–Trinajstić information content (AvgIpc) is 2.79. The van der Waals surface area contributed by atoms with Crippen LogP contribution in [0.15, 0.2) is 53.4 Å². The number of nitrogens with one attached hydrogen (secondary N) is 1. The van der Waals surface area contributed by atoms with Crippen LogP contribution < -0.4 is 5.32 Å². The van der Waals surface area contributed by atoms with Crippen molar-refractivity contribution < 1.29 is 22.7 Å². The van der Waals surface area contributed by atoms with Gasteiger partial charge >= 0.3 is 5.97 Å². The topological polar surface area (TPSA) is 96.0 Å². The monoisotopic (exact) mass is 443 g/mol. The van der Waals surface area contributed by atoms with E-state index in [2.05, 4.69) is 17.1 Å². The number of rotatable bonds is 5. The van der Waals surface area contributed by atoms with Crippen LogP contribution in [0.4, 0.5) is 5.69 Å². The Kier molecular flexibility index (Phi) is 6.08. The summed E-state index contributed by atoms with van der Waals surface area (Å²) in [5.41, 5.74) is 1.55. The largest absolute Gasteiger partial charge is 0.448 e. The second-order valence-electron chi connectivity index (χ2n) is 7.61. The van der Waals surface area contributed by atoms with Gasteiger partial charge in [0.2, 0.25) is 10.0 Å². The van der Waals surface area contributed by atoms with E-state index >= 15 is 0 Å². The summed E-state index contributed by atoms with van der Waals surface area (Å²) >= 11 is 0. The van der Waals surface area contributed by atoms with Gasteiger partial charge in [-0.05, 0) is 36.4 Å². The van der Waals surface area contributed by atoms with E-state index < -0.39 is 28.0 Å². The van der Waals surface area contributed by atoms with Gasteiger partial charge in [0.05, 0.1) is 10.5 Å². The van der Waals surface area contributed by atoms with Crippen LogP contribution in [0.25, 0.3) is 0 Å². The molecule has 31 heavy (non-hydrogen) atoms. The molecule has 0 saturated carbocycles. The number of likely N-dealkylation sites (N-methyl/N-ethyl adjacent to an activating group) is 1. The van der Waals surface area contributed by atoms with E-state index in [1.807, 2.05) is 0 Å². The minimum Gasteiger partial charge on any atom is -0.448 e. The van der Waals surface area contributed by atoms with Crippen molar-refractivity contribution in [1.29, 1.82) is 0 Å². The molecule has 0 radical (unpaired) electrons. The van der Waals surface area contributed by atoms with Crippen molar-refractivity contribution in [3.05, 3.63) is 59.7 Å². The van der Waals surface area contributed by atoms with Crippen LogP contribution in [0, 0.1) is 0 Å². The molecule has 2 heterocycles. The van der Waals surface area contributed by atoms with E-state index in [-0.39, 0.29) is 11.3 Å². The van der Waals surface area contributed by atoms with E-state index in [1.165, 1.54) is 16.4 Å². The fourth-order valence-corrected chi connectivity index (χ4v) is 5.34. The first-order valence-electron chi connectivity index (χ1n) is 10.3. The molecule has 1 N–H and O–H groups in total. The minimum atomic E-state index is -3.66. The van der Waals surface area contributed by atoms with E-state index in [1.54, 1.807) is 36.4 Å². The maximum atomic E-state index is 13.0. The summed E-state index contributed by atoms with van der Waals surface area (Å²) in [6, 6.07) is 13.2. The van der Waals surface area contributed by atoms with Gasteiger partial charge in [-0.2, -0.15) is 4.31 Å². The third-order valence-electron chi connectivity index (χ3n) is 5.70. The highest BCUT2D eigenvalue weighted by molar-refractivity contribution is 7.89. The van der Waals surface area contributed by atoms with Gasteiger partial charge in [0.1, 0.15) is 0 Å². The molecule has 4 rings (SSSR count). The number of nitrogens with zero attached hydrogens (tertiary/aromatic N) is 2. The first-order chi connectivity index (χ1) is 14.9. The molecule has 2 aromatic rings. The molecule has 1 fully saturated rings. The zero-order valence-corrected chi connectivity index (χ0v) is 18.1. The number of piperazine rings is 1. The highest BCUT2D eigenvalue weighted by Gasteiger charge is 2.32. The van der Waals surface area contributed by atoms with E-state index in [9.17, 15) is 18.0 Å². The average molecular weight is 444 g/mol. The number of carbonyl (C=O) groups excluding carboxylic acids is 2. The lowest BCUT2D eigenvalue weighted by Gasteiger charge is -2.33. The predicted molar refractivity (Wildman–Crippen MR) is 115 cm³/mol. The minimum absolute atomic E-state index is 0.126. The van der Waals surface area contributed by atoms with Crippen LogP contribution in [-0.2, 0) is 26.0 Å². The third kappa shape index (κ3) is 4.48. The molecular weight excluding hydrogens is 418 g/mol. The standard InChI is InChI=1S/C22H25N3O5S/c1-2-24-10-12-25(13-11-24)31(28,29)18-8-5-7-17(15-18)23-21(26)20-14-16-6-3-4-9-19(16)22(27)30-20/h3-9,15,20H,2,10-14H2,1H3,(H,23,26). The maximum absolute atomic E-state index is 13.0. The lowest BCUT2D eigenvalue weighted by atomic mass is 9.98. The number of fused-ring (bicyclic) bond motifs is 1. The van der Waals surface area contributed by atoms with Gasteiger partial charge in [0.15, 0.2) is 6.10 Å². The zero-order valence-electron chi connectivity index (χ0n) is 17.3. The van der Waals surface area contributed by atoms with Gasteiger partial charge in [-0.1, -0.05) is 31.2 Å². The van der Waals surface area contributed by atoms with Gasteiger partial charge in [-0.15, -0.1) is 0 Å². The Hall–Kier alpha value is -2.75. The molecule has 1 saturated heterocycles. The summed E-state index contributed by atoms with van der Waals surface area (Å²) in [7, 11) is -3.66. The number of sulfonamides is 1. The number of amides is 1. The molecule has 9 heteroatoms. The van der Waals surface area contributed by atoms with E-state index in [4.69, 9.17) is 4.74 Å². The molecule has 0 aromatic heterocycles. The third-order valence-corrected chi connectivity index (χ3v) is 7.60. The summed E-state index contributed by atoms with van der Waals surface area (Å²) in [6.45, 7) is 5.21. The Balaban J connectivity index is 1.46. The Labute approximate surface area is 181 Å². The van der Waals surface area contributed by atoms with Crippen molar-refractivity contribution in [3.8, 4) is 0 Å². The normalized spacial score (nSPS) is 20.0. The zero-order chi connectivity index (χ0) is 22.0. The number of ether oxygens (including phenoxy) is 1. The first-order valence-corrected chi connectivity index (χ1v) is 11.7. The Bertz CT molecular complexity index is 1090. The van der Waals surface area contributed by atoms with E-state index in [0.717, 1.165) is 12.1 Å². The van der Waals surface area contributed by atoms with Gasteiger partial charge < -0.3 is 15.0 Å². The summed E-state index contributed by atoms with van der Waals surface area (Å²) in [5, 5.41) is 2.69. The van der Waals surface area contributed by atoms with Crippen molar-refractivity contribution in [2.24, 2.45) is 0 Å².